The Hall–Kier alpha value is -1.89. The first-order valence-electron chi connectivity index (χ1n) is 6.63. The van der Waals surface area contributed by atoms with Crippen molar-refractivity contribution >= 4 is 22.8 Å². The van der Waals surface area contributed by atoms with Crippen LogP contribution in [0.15, 0.2) is 24.3 Å². The second-order valence-electron chi connectivity index (χ2n) is 4.53. The Morgan fingerprint density at radius 3 is 2.52 bits per heavy atom. The molecule has 6 nitrogen and oxygen atoms in total. The molecule has 1 aromatic carbocycles. The lowest BCUT2D eigenvalue weighted by Gasteiger charge is -2.08. The second kappa shape index (κ2) is 9.12. The molecule has 0 aliphatic rings. The maximum Gasteiger partial charge on any atom is 0.335 e. The monoisotopic (exact) mass is 312 g/mol. The average molecular weight is 312 g/mol. The topological polar surface area (TPSA) is 95.5 Å². The highest BCUT2D eigenvalue weighted by Crippen LogP contribution is 2.08. The van der Waals surface area contributed by atoms with E-state index < -0.39 is 16.8 Å². The lowest BCUT2D eigenvalue weighted by atomic mass is 10.0. The van der Waals surface area contributed by atoms with Gasteiger partial charge in [0.15, 0.2) is 0 Å². The molecule has 1 unspecified atom stereocenters. The van der Waals surface area contributed by atoms with Gasteiger partial charge in [-0.3, -0.25) is 4.21 Å². The standard InChI is InChI=1S/C14H20N2O4S/c1-21(20)10-4-8-15-14(19)16-9-7-11-5-2-3-6-12(11)13(17)18/h2-3,5-6H,4,7-10H2,1H3,(H,17,18)(H2,15,16,19). The van der Waals surface area contributed by atoms with E-state index in [1.807, 2.05) is 0 Å². The van der Waals surface area contributed by atoms with Crippen molar-refractivity contribution in [3.8, 4) is 0 Å². The van der Waals surface area contributed by atoms with Crippen LogP contribution in [-0.4, -0.2) is 46.4 Å². The molecule has 0 saturated heterocycles. The molecule has 0 radical (unpaired) electrons. The number of amides is 2. The van der Waals surface area contributed by atoms with E-state index in [9.17, 15) is 13.8 Å². The van der Waals surface area contributed by atoms with Gasteiger partial charge in [-0.15, -0.1) is 0 Å². The van der Waals surface area contributed by atoms with Crippen molar-refractivity contribution in [2.24, 2.45) is 0 Å². The Bertz CT molecular complexity index is 519. The fourth-order valence-corrected chi connectivity index (χ4v) is 2.35. The zero-order valence-electron chi connectivity index (χ0n) is 11.9. The fraction of sp³-hybridized carbons (Fsp3) is 0.429. The molecular weight excluding hydrogens is 292 g/mol. The van der Waals surface area contributed by atoms with E-state index >= 15 is 0 Å². The molecule has 1 rings (SSSR count). The average Bonchev–Trinajstić information content (AvgIpc) is 2.44. The van der Waals surface area contributed by atoms with Crippen LogP contribution in [0.4, 0.5) is 4.79 Å². The first kappa shape index (κ1) is 17.2. The SMILES string of the molecule is CS(=O)CCCNC(=O)NCCc1ccccc1C(=O)O. The minimum atomic E-state index is -0.970. The molecule has 1 aromatic rings. The summed E-state index contributed by atoms with van der Waals surface area (Å²) in [4.78, 5) is 22.5. The number of carboxylic acids is 1. The Labute approximate surface area is 126 Å². The van der Waals surface area contributed by atoms with E-state index in [0.29, 0.717) is 37.2 Å². The molecule has 21 heavy (non-hydrogen) atoms. The summed E-state index contributed by atoms with van der Waals surface area (Å²) in [5, 5.41) is 14.4. The van der Waals surface area contributed by atoms with Crippen molar-refractivity contribution in [1.29, 1.82) is 0 Å². The molecule has 0 spiro atoms. The van der Waals surface area contributed by atoms with Gasteiger partial charge in [0.1, 0.15) is 0 Å². The summed E-state index contributed by atoms with van der Waals surface area (Å²) in [6.07, 6.45) is 2.74. The zero-order valence-corrected chi connectivity index (χ0v) is 12.7. The molecule has 0 saturated carbocycles. The summed E-state index contributed by atoms with van der Waals surface area (Å²) in [5.41, 5.74) is 0.941. The van der Waals surface area contributed by atoms with E-state index in [4.69, 9.17) is 5.11 Å². The zero-order chi connectivity index (χ0) is 15.7. The van der Waals surface area contributed by atoms with Gasteiger partial charge in [0.05, 0.1) is 5.56 Å². The van der Waals surface area contributed by atoms with E-state index in [1.54, 1.807) is 30.5 Å². The van der Waals surface area contributed by atoms with Crippen molar-refractivity contribution in [3.63, 3.8) is 0 Å². The first-order chi connectivity index (χ1) is 10.0. The Kier molecular flexibility index (Phi) is 7.45. The predicted octanol–water partition coefficient (Wildman–Crippen LogP) is 0.995. The third-order valence-corrected chi connectivity index (χ3v) is 3.69. The number of carboxylic acid groups (broad SMARTS) is 1. The number of nitrogens with one attached hydrogen (secondary N) is 2. The van der Waals surface area contributed by atoms with Crippen LogP contribution in [0.3, 0.4) is 0 Å². The normalized spacial score (nSPS) is 11.7. The molecule has 0 bridgehead atoms. The molecule has 7 heteroatoms. The summed E-state index contributed by atoms with van der Waals surface area (Å²) in [6.45, 7) is 0.826. The summed E-state index contributed by atoms with van der Waals surface area (Å²) in [5.74, 6) is -0.408. The van der Waals surface area contributed by atoms with Gasteiger partial charge in [-0.05, 0) is 24.5 Å². The Morgan fingerprint density at radius 1 is 1.19 bits per heavy atom. The quantitative estimate of drug-likeness (QED) is 0.624. The molecule has 0 aliphatic carbocycles. The number of carbonyl (C=O) groups is 2. The molecule has 0 heterocycles. The van der Waals surface area contributed by atoms with E-state index in [2.05, 4.69) is 10.6 Å². The highest BCUT2D eigenvalue weighted by Gasteiger charge is 2.08. The number of rotatable bonds is 8. The Balaban J connectivity index is 2.29. The summed E-state index contributed by atoms with van der Waals surface area (Å²) >= 11 is 0. The summed E-state index contributed by atoms with van der Waals surface area (Å²) in [7, 11) is -0.845. The lowest BCUT2D eigenvalue weighted by Crippen LogP contribution is -2.37. The van der Waals surface area contributed by atoms with Crippen LogP contribution in [0.2, 0.25) is 0 Å². The van der Waals surface area contributed by atoms with Crippen molar-refractivity contribution < 1.29 is 18.9 Å². The molecule has 116 valence electrons. The maximum absolute atomic E-state index is 11.5. The van der Waals surface area contributed by atoms with Crippen LogP contribution in [0, 0.1) is 0 Å². The van der Waals surface area contributed by atoms with Crippen LogP contribution in [0.25, 0.3) is 0 Å². The lowest BCUT2D eigenvalue weighted by molar-refractivity contribution is 0.0695. The van der Waals surface area contributed by atoms with E-state index in [1.165, 1.54) is 0 Å². The molecule has 0 aromatic heterocycles. The van der Waals surface area contributed by atoms with Crippen LogP contribution in [0.5, 0.6) is 0 Å². The maximum atomic E-state index is 11.5. The minimum Gasteiger partial charge on any atom is -0.478 e. The van der Waals surface area contributed by atoms with Crippen LogP contribution in [-0.2, 0) is 17.2 Å². The Morgan fingerprint density at radius 2 is 1.86 bits per heavy atom. The predicted molar refractivity (Wildman–Crippen MR) is 82.1 cm³/mol. The fourth-order valence-electron chi connectivity index (χ4n) is 1.80. The van der Waals surface area contributed by atoms with Gasteiger partial charge in [0.2, 0.25) is 0 Å². The molecule has 0 aliphatic heterocycles. The first-order valence-corrected chi connectivity index (χ1v) is 8.36. The van der Waals surface area contributed by atoms with Gasteiger partial charge >= 0.3 is 12.0 Å². The van der Waals surface area contributed by atoms with E-state index in [-0.39, 0.29) is 11.6 Å². The van der Waals surface area contributed by atoms with Gasteiger partial charge in [0, 0.05) is 35.9 Å². The number of urea groups is 1. The van der Waals surface area contributed by atoms with Crippen LogP contribution >= 0.6 is 0 Å². The third-order valence-electron chi connectivity index (χ3n) is 2.82. The molecule has 0 fully saturated rings. The minimum absolute atomic E-state index is 0.255. The van der Waals surface area contributed by atoms with Crippen LogP contribution in [0.1, 0.15) is 22.3 Å². The van der Waals surface area contributed by atoms with Gasteiger partial charge in [0.25, 0.3) is 0 Å². The highest BCUT2D eigenvalue weighted by molar-refractivity contribution is 7.84. The van der Waals surface area contributed by atoms with Crippen molar-refractivity contribution in [2.45, 2.75) is 12.8 Å². The van der Waals surface area contributed by atoms with Crippen molar-refractivity contribution in [1.82, 2.24) is 10.6 Å². The number of carbonyl (C=O) groups excluding carboxylic acids is 1. The molecule has 2 amide bonds. The number of hydrogen-bond acceptors (Lipinski definition) is 3. The van der Waals surface area contributed by atoms with Crippen LogP contribution < -0.4 is 10.6 Å². The second-order valence-corrected chi connectivity index (χ2v) is 6.08. The highest BCUT2D eigenvalue weighted by atomic mass is 32.2. The molecule has 3 N–H and O–H groups in total. The number of aromatic carboxylic acids is 1. The van der Waals surface area contributed by atoms with Crippen molar-refractivity contribution in [2.75, 3.05) is 25.1 Å². The summed E-state index contributed by atoms with van der Waals surface area (Å²) < 4.78 is 10.8. The van der Waals surface area contributed by atoms with Gasteiger partial charge in [-0.2, -0.15) is 0 Å². The number of hydrogen-bond donors (Lipinski definition) is 3. The van der Waals surface area contributed by atoms with Gasteiger partial charge < -0.3 is 15.7 Å². The van der Waals surface area contributed by atoms with E-state index in [0.717, 1.165) is 0 Å². The third kappa shape index (κ3) is 6.89. The molecule has 1 atom stereocenters. The summed E-state index contributed by atoms with van der Waals surface area (Å²) in [6, 6.07) is 6.42. The molecular formula is C14H20N2O4S. The van der Waals surface area contributed by atoms with Gasteiger partial charge in [-0.1, -0.05) is 18.2 Å². The van der Waals surface area contributed by atoms with Gasteiger partial charge in [-0.25, -0.2) is 9.59 Å². The van der Waals surface area contributed by atoms with Crippen molar-refractivity contribution in [3.05, 3.63) is 35.4 Å². The smallest absolute Gasteiger partial charge is 0.335 e. The largest absolute Gasteiger partial charge is 0.478 e. The number of benzene rings is 1.